The Hall–Kier alpha value is -1.91. The Morgan fingerprint density at radius 1 is 1.20 bits per heavy atom. The van der Waals surface area contributed by atoms with E-state index in [1.165, 1.54) is 12.1 Å². The van der Waals surface area contributed by atoms with E-state index in [2.05, 4.69) is 5.32 Å². The van der Waals surface area contributed by atoms with Gasteiger partial charge in [-0.25, -0.2) is 4.39 Å². The molecule has 0 saturated heterocycles. The second-order valence-electron chi connectivity index (χ2n) is 4.28. The van der Waals surface area contributed by atoms with Crippen LogP contribution in [0, 0.1) is 5.82 Å². The molecule has 3 nitrogen and oxygen atoms in total. The maximum atomic E-state index is 13.5. The summed E-state index contributed by atoms with van der Waals surface area (Å²) in [5, 5.41) is 12.0. The summed E-state index contributed by atoms with van der Waals surface area (Å²) in [4.78, 5) is 11.9. The number of benzene rings is 2. The molecule has 2 N–H and O–H groups in total. The fraction of sp³-hybridized carbons (Fsp3) is 0.133. The van der Waals surface area contributed by atoms with Crippen molar-refractivity contribution in [3.05, 3.63) is 70.0 Å². The minimum atomic E-state index is -0.615. The van der Waals surface area contributed by atoms with Gasteiger partial charge in [0.2, 0.25) is 0 Å². The van der Waals surface area contributed by atoms with Gasteiger partial charge < -0.3 is 10.4 Å². The average molecular weight is 294 g/mol. The highest BCUT2D eigenvalue weighted by Crippen LogP contribution is 2.15. The molecule has 0 aliphatic heterocycles. The molecule has 0 bridgehead atoms. The molecule has 0 atom stereocenters. The molecule has 0 aromatic heterocycles. The molecule has 0 unspecified atom stereocenters. The molecular formula is C15H13ClFNO2. The first-order valence-electron chi connectivity index (χ1n) is 6.02. The van der Waals surface area contributed by atoms with Gasteiger partial charge in [0.1, 0.15) is 5.82 Å². The van der Waals surface area contributed by atoms with E-state index < -0.39 is 11.7 Å². The monoisotopic (exact) mass is 293 g/mol. The van der Waals surface area contributed by atoms with Crippen LogP contribution in [0.5, 0.6) is 0 Å². The summed E-state index contributed by atoms with van der Waals surface area (Å²) in [6, 6.07) is 11.0. The van der Waals surface area contributed by atoms with Crippen LogP contribution in [-0.4, -0.2) is 11.0 Å². The molecule has 2 aromatic carbocycles. The maximum Gasteiger partial charge on any atom is 0.254 e. The zero-order valence-corrected chi connectivity index (χ0v) is 11.3. The number of aliphatic hydroxyl groups is 1. The number of carbonyl (C=O) groups excluding carboxylic acids is 1. The van der Waals surface area contributed by atoms with Crippen LogP contribution in [0.15, 0.2) is 42.5 Å². The van der Waals surface area contributed by atoms with Crippen LogP contribution in [-0.2, 0) is 13.2 Å². The minimum Gasteiger partial charge on any atom is -0.392 e. The lowest BCUT2D eigenvalue weighted by Gasteiger charge is -2.07. The molecular weight excluding hydrogens is 281 g/mol. The predicted molar refractivity (Wildman–Crippen MR) is 74.9 cm³/mol. The number of carbonyl (C=O) groups is 1. The van der Waals surface area contributed by atoms with Crippen molar-refractivity contribution >= 4 is 17.5 Å². The van der Waals surface area contributed by atoms with Gasteiger partial charge in [-0.05, 0) is 29.3 Å². The first-order chi connectivity index (χ1) is 9.60. The van der Waals surface area contributed by atoms with Crippen LogP contribution in [0.4, 0.5) is 4.39 Å². The highest BCUT2D eigenvalue weighted by atomic mass is 35.5. The topological polar surface area (TPSA) is 49.3 Å². The average Bonchev–Trinajstić information content (AvgIpc) is 2.47. The first kappa shape index (κ1) is 14.5. The Bertz CT molecular complexity index is 631. The third kappa shape index (κ3) is 3.56. The van der Waals surface area contributed by atoms with Crippen molar-refractivity contribution in [1.82, 2.24) is 5.32 Å². The molecule has 1 amide bonds. The Morgan fingerprint density at radius 3 is 2.70 bits per heavy atom. The summed E-state index contributed by atoms with van der Waals surface area (Å²) in [5.41, 5.74) is 1.49. The van der Waals surface area contributed by atoms with Crippen LogP contribution in [0.2, 0.25) is 5.02 Å². The Morgan fingerprint density at radius 2 is 1.95 bits per heavy atom. The van der Waals surface area contributed by atoms with E-state index in [4.69, 9.17) is 16.7 Å². The lowest BCUT2D eigenvalue weighted by molar-refractivity contribution is 0.0947. The van der Waals surface area contributed by atoms with Gasteiger partial charge in [0.05, 0.1) is 12.2 Å². The molecule has 0 aliphatic carbocycles. The van der Waals surface area contributed by atoms with E-state index in [-0.39, 0.29) is 18.7 Å². The smallest absolute Gasteiger partial charge is 0.254 e. The standard InChI is InChI=1S/C15H13ClFNO2/c16-12-4-5-14(17)13(7-12)15(20)18-8-10-2-1-3-11(6-10)9-19/h1-7,19H,8-9H2,(H,18,20). The van der Waals surface area contributed by atoms with Crippen LogP contribution in [0.1, 0.15) is 21.5 Å². The molecule has 0 radical (unpaired) electrons. The molecule has 2 aromatic rings. The molecule has 0 spiro atoms. The van der Waals surface area contributed by atoms with Gasteiger partial charge in [-0.3, -0.25) is 4.79 Å². The summed E-state index contributed by atoms with van der Waals surface area (Å²) in [6.07, 6.45) is 0. The Labute approximate surface area is 121 Å². The summed E-state index contributed by atoms with van der Waals surface area (Å²) >= 11 is 5.74. The fourth-order valence-electron chi connectivity index (χ4n) is 1.79. The molecule has 0 aliphatic rings. The SMILES string of the molecule is O=C(NCc1cccc(CO)c1)c1cc(Cl)ccc1F. The third-order valence-corrected chi connectivity index (χ3v) is 3.04. The van der Waals surface area contributed by atoms with E-state index >= 15 is 0 Å². The fourth-order valence-corrected chi connectivity index (χ4v) is 1.96. The predicted octanol–water partition coefficient (Wildman–Crippen LogP) is 2.90. The van der Waals surface area contributed by atoms with Crippen molar-refractivity contribution in [2.24, 2.45) is 0 Å². The zero-order valence-electron chi connectivity index (χ0n) is 10.6. The van der Waals surface area contributed by atoms with E-state index in [0.717, 1.165) is 17.2 Å². The molecule has 0 saturated carbocycles. The molecule has 0 fully saturated rings. The van der Waals surface area contributed by atoms with Gasteiger partial charge in [0.25, 0.3) is 5.91 Å². The van der Waals surface area contributed by atoms with Crippen molar-refractivity contribution in [3.8, 4) is 0 Å². The van der Waals surface area contributed by atoms with Crippen molar-refractivity contribution < 1.29 is 14.3 Å². The van der Waals surface area contributed by atoms with Gasteiger partial charge in [0.15, 0.2) is 0 Å². The van der Waals surface area contributed by atoms with Crippen LogP contribution in [0.3, 0.4) is 0 Å². The number of amides is 1. The lowest BCUT2D eigenvalue weighted by atomic mass is 10.1. The number of halogens is 2. The minimum absolute atomic E-state index is 0.0648. The van der Waals surface area contributed by atoms with Crippen LogP contribution < -0.4 is 5.32 Å². The van der Waals surface area contributed by atoms with Gasteiger partial charge in [-0.2, -0.15) is 0 Å². The highest BCUT2D eigenvalue weighted by molar-refractivity contribution is 6.30. The first-order valence-corrected chi connectivity index (χ1v) is 6.40. The quantitative estimate of drug-likeness (QED) is 0.910. The molecule has 104 valence electrons. The largest absolute Gasteiger partial charge is 0.392 e. The van der Waals surface area contributed by atoms with E-state index in [0.29, 0.717) is 5.02 Å². The summed E-state index contributed by atoms with van der Waals surface area (Å²) in [6.45, 7) is 0.184. The van der Waals surface area contributed by atoms with E-state index in [1.807, 2.05) is 6.07 Å². The molecule has 0 heterocycles. The number of nitrogens with one attached hydrogen (secondary N) is 1. The van der Waals surface area contributed by atoms with Crippen LogP contribution in [0.25, 0.3) is 0 Å². The molecule has 5 heteroatoms. The number of hydrogen-bond donors (Lipinski definition) is 2. The molecule has 20 heavy (non-hydrogen) atoms. The van der Waals surface area contributed by atoms with Gasteiger partial charge in [-0.1, -0.05) is 35.9 Å². The van der Waals surface area contributed by atoms with Crippen molar-refractivity contribution in [2.45, 2.75) is 13.2 Å². The van der Waals surface area contributed by atoms with Gasteiger partial charge in [0, 0.05) is 11.6 Å². The highest BCUT2D eigenvalue weighted by Gasteiger charge is 2.11. The van der Waals surface area contributed by atoms with E-state index in [9.17, 15) is 9.18 Å². The third-order valence-electron chi connectivity index (χ3n) is 2.80. The summed E-state index contributed by atoms with van der Waals surface area (Å²) < 4.78 is 13.5. The number of aliphatic hydroxyl groups excluding tert-OH is 1. The van der Waals surface area contributed by atoms with Crippen LogP contribution >= 0.6 is 11.6 Å². The lowest BCUT2D eigenvalue weighted by Crippen LogP contribution is -2.23. The Balaban J connectivity index is 2.06. The van der Waals surface area contributed by atoms with Crippen molar-refractivity contribution in [1.29, 1.82) is 0 Å². The maximum absolute atomic E-state index is 13.5. The van der Waals surface area contributed by atoms with Gasteiger partial charge >= 0.3 is 0 Å². The Kier molecular flexibility index (Phi) is 4.71. The number of rotatable bonds is 4. The normalized spacial score (nSPS) is 10.3. The number of hydrogen-bond acceptors (Lipinski definition) is 2. The van der Waals surface area contributed by atoms with Crippen molar-refractivity contribution in [2.75, 3.05) is 0 Å². The van der Waals surface area contributed by atoms with Gasteiger partial charge in [-0.15, -0.1) is 0 Å². The zero-order chi connectivity index (χ0) is 14.5. The summed E-state index contributed by atoms with van der Waals surface area (Å²) in [7, 11) is 0. The molecule has 2 rings (SSSR count). The second-order valence-corrected chi connectivity index (χ2v) is 4.72. The van der Waals surface area contributed by atoms with E-state index in [1.54, 1.807) is 18.2 Å². The van der Waals surface area contributed by atoms with Crippen molar-refractivity contribution in [3.63, 3.8) is 0 Å². The summed E-state index contributed by atoms with van der Waals surface area (Å²) in [5.74, 6) is -1.14. The second kappa shape index (κ2) is 6.50.